The maximum atomic E-state index is 4.20. The minimum atomic E-state index is 0.918. The molecule has 2 aromatic heterocycles. The van der Waals surface area contributed by atoms with Crippen molar-refractivity contribution in [1.82, 2.24) is 15.0 Å². The number of nitrogens with zero attached hydrogens (tertiary/aromatic N) is 2. The summed E-state index contributed by atoms with van der Waals surface area (Å²) < 4.78 is 0. The van der Waals surface area contributed by atoms with Gasteiger partial charge in [0.2, 0.25) is 0 Å². The standard InChI is InChI=1S/C8H9N3S/c1-2-12-8-6-3-4-9-7(6)10-5-11-8/h3-5H,2H2,1H3,(H,9,10,11). The number of hydrogen-bond acceptors (Lipinski definition) is 3. The van der Waals surface area contributed by atoms with Crippen LogP contribution in [0.4, 0.5) is 0 Å². The van der Waals surface area contributed by atoms with E-state index in [4.69, 9.17) is 0 Å². The summed E-state index contributed by atoms with van der Waals surface area (Å²) in [6, 6.07) is 2.01. The zero-order valence-corrected chi connectivity index (χ0v) is 7.56. The topological polar surface area (TPSA) is 41.6 Å². The van der Waals surface area contributed by atoms with Gasteiger partial charge in [-0.3, -0.25) is 0 Å². The summed E-state index contributed by atoms with van der Waals surface area (Å²) in [5, 5.41) is 2.17. The van der Waals surface area contributed by atoms with Crippen LogP contribution in [0.5, 0.6) is 0 Å². The number of nitrogens with one attached hydrogen (secondary N) is 1. The molecule has 62 valence electrons. The maximum absolute atomic E-state index is 4.20. The van der Waals surface area contributed by atoms with Gasteiger partial charge in [-0.05, 0) is 11.8 Å². The molecule has 0 atom stereocenters. The van der Waals surface area contributed by atoms with Gasteiger partial charge in [0.1, 0.15) is 17.0 Å². The van der Waals surface area contributed by atoms with E-state index < -0.39 is 0 Å². The van der Waals surface area contributed by atoms with Gasteiger partial charge < -0.3 is 4.98 Å². The maximum Gasteiger partial charge on any atom is 0.141 e. The van der Waals surface area contributed by atoms with E-state index in [0.717, 1.165) is 21.8 Å². The van der Waals surface area contributed by atoms with Crippen LogP contribution in [-0.2, 0) is 0 Å². The van der Waals surface area contributed by atoms with E-state index in [2.05, 4.69) is 21.9 Å². The van der Waals surface area contributed by atoms with Crippen LogP contribution >= 0.6 is 11.8 Å². The molecule has 12 heavy (non-hydrogen) atoms. The fraction of sp³-hybridized carbons (Fsp3) is 0.250. The van der Waals surface area contributed by atoms with Gasteiger partial charge in [0.05, 0.1) is 5.39 Å². The lowest BCUT2D eigenvalue weighted by Crippen LogP contribution is -1.84. The summed E-state index contributed by atoms with van der Waals surface area (Å²) >= 11 is 1.74. The molecular weight excluding hydrogens is 170 g/mol. The van der Waals surface area contributed by atoms with Gasteiger partial charge in [-0.1, -0.05) is 6.92 Å². The van der Waals surface area contributed by atoms with Crippen molar-refractivity contribution in [2.75, 3.05) is 5.75 Å². The first-order chi connectivity index (χ1) is 5.92. The fourth-order valence-corrected chi connectivity index (χ4v) is 1.82. The average Bonchev–Trinajstić information content (AvgIpc) is 2.53. The quantitative estimate of drug-likeness (QED) is 0.566. The number of hydrogen-bond donors (Lipinski definition) is 1. The summed E-state index contributed by atoms with van der Waals surface area (Å²) in [6.07, 6.45) is 3.48. The van der Waals surface area contributed by atoms with Crippen molar-refractivity contribution in [3.05, 3.63) is 18.6 Å². The number of aromatic nitrogens is 3. The number of fused-ring (bicyclic) bond motifs is 1. The lowest BCUT2D eigenvalue weighted by molar-refractivity contribution is 1.09. The molecule has 1 N–H and O–H groups in total. The van der Waals surface area contributed by atoms with Crippen LogP contribution in [0.1, 0.15) is 6.92 Å². The third kappa shape index (κ3) is 1.18. The fourth-order valence-electron chi connectivity index (χ4n) is 1.10. The molecule has 4 heteroatoms. The number of aromatic amines is 1. The second-order valence-electron chi connectivity index (χ2n) is 2.35. The number of thioether (sulfide) groups is 1. The van der Waals surface area contributed by atoms with Crippen molar-refractivity contribution in [1.29, 1.82) is 0 Å². The van der Waals surface area contributed by atoms with Gasteiger partial charge >= 0.3 is 0 Å². The monoisotopic (exact) mass is 179 g/mol. The van der Waals surface area contributed by atoms with Crippen LogP contribution in [0, 0.1) is 0 Å². The van der Waals surface area contributed by atoms with E-state index in [1.807, 2.05) is 12.3 Å². The first kappa shape index (κ1) is 7.61. The molecule has 0 bridgehead atoms. The minimum Gasteiger partial charge on any atom is -0.346 e. The van der Waals surface area contributed by atoms with Crippen molar-refractivity contribution in [2.45, 2.75) is 11.9 Å². The molecule has 0 amide bonds. The molecule has 2 heterocycles. The first-order valence-corrected chi connectivity index (χ1v) is 4.81. The molecular formula is C8H9N3S. The Morgan fingerprint density at radius 3 is 3.25 bits per heavy atom. The van der Waals surface area contributed by atoms with E-state index >= 15 is 0 Å². The van der Waals surface area contributed by atoms with E-state index in [1.54, 1.807) is 18.1 Å². The summed E-state index contributed by atoms with van der Waals surface area (Å²) in [5.41, 5.74) is 0.918. The van der Waals surface area contributed by atoms with E-state index in [0.29, 0.717) is 0 Å². The Morgan fingerprint density at radius 2 is 2.42 bits per heavy atom. The Kier molecular flexibility index (Phi) is 1.99. The Bertz CT molecular complexity index is 382. The van der Waals surface area contributed by atoms with Gasteiger partial charge in [-0.25, -0.2) is 9.97 Å². The highest BCUT2D eigenvalue weighted by Gasteiger charge is 2.02. The van der Waals surface area contributed by atoms with Crippen LogP contribution in [0.2, 0.25) is 0 Å². The molecule has 3 nitrogen and oxygen atoms in total. The molecule has 0 aliphatic carbocycles. The highest BCUT2D eigenvalue weighted by molar-refractivity contribution is 7.99. The number of rotatable bonds is 2. The Hall–Kier alpha value is -1.03. The Balaban J connectivity index is 2.57. The molecule has 0 saturated heterocycles. The largest absolute Gasteiger partial charge is 0.346 e. The van der Waals surface area contributed by atoms with Gasteiger partial charge in [-0.15, -0.1) is 11.8 Å². The van der Waals surface area contributed by atoms with Gasteiger partial charge in [0, 0.05) is 6.20 Å². The molecule has 2 aromatic rings. The average molecular weight is 179 g/mol. The smallest absolute Gasteiger partial charge is 0.141 e. The van der Waals surface area contributed by atoms with Crippen LogP contribution in [0.25, 0.3) is 11.0 Å². The molecule has 0 aliphatic heterocycles. The molecule has 0 aliphatic rings. The predicted octanol–water partition coefficient (Wildman–Crippen LogP) is 2.07. The van der Waals surface area contributed by atoms with E-state index in [9.17, 15) is 0 Å². The first-order valence-electron chi connectivity index (χ1n) is 3.82. The van der Waals surface area contributed by atoms with E-state index in [-0.39, 0.29) is 0 Å². The molecule has 0 spiro atoms. The zero-order valence-electron chi connectivity index (χ0n) is 6.74. The Labute approximate surface area is 74.6 Å². The highest BCUT2D eigenvalue weighted by Crippen LogP contribution is 2.22. The molecule has 0 radical (unpaired) electrons. The van der Waals surface area contributed by atoms with Crippen molar-refractivity contribution < 1.29 is 0 Å². The predicted molar refractivity (Wildman–Crippen MR) is 50.3 cm³/mol. The highest BCUT2D eigenvalue weighted by atomic mass is 32.2. The summed E-state index contributed by atoms with van der Waals surface area (Å²) in [5.74, 6) is 1.04. The van der Waals surface area contributed by atoms with Crippen LogP contribution < -0.4 is 0 Å². The lowest BCUT2D eigenvalue weighted by Gasteiger charge is -1.96. The van der Waals surface area contributed by atoms with Crippen molar-refractivity contribution in [2.24, 2.45) is 0 Å². The summed E-state index contributed by atoms with van der Waals surface area (Å²) in [7, 11) is 0. The van der Waals surface area contributed by atoms with Crippen molar-refractivity contribution in [3.8, 4) is 0 Å². The normalized spacial score (nSPS) is 10.8. The molecule has 0 aromatic carbocycles. The van der Waals surface area contributed by atoms with Gasteiger partial charge in [0.25, 0.3) is 0 Å². The second-order valence-corrected chi connectivity index (χ2v) is 3.60. The third-order valence-electron chi connectivity index (χ3n) is 1.60. The van der Waals surface area contributed by atoms with Gasteiger partial charge in [0.15, 0.2) is 0 Å². The second kappa shape index (κ2) is 3.15. The van der Waals surface area contributed by atoms with Gasteiger partial charge in [-0.2, -0.15) is 0 Å². The summed E-state index contributed by atoms with van der Waals surface area (Å²) in [4.78, 5) is 11.4. The van der Waals surface area contributed by atoms with E-state index in [1.165, 1.54) is 0 Å². The molecule has 0 saturated carbocycles. The molecule has 0 fully saturated rings. The summed E-state index contributed by atoms with van der Waals surface area (Å²) in [6.45, 7) is 2.12. The molecule has 0 unspecified atom stereocenters. The van der Waals surface area contributed by atoms with Crippen LogP contribution in [-0.4, -0.2) is 20.7 Å². The molecule has 2 rings (SSSR count). The van der Waals surface area contributed by atoms with Crippen LogP contribution in [0.3, 0.4) is 0 Å². The lowest BCUT2D eigenvalue weighted by atomic mass is 10.4. The SMILES string of the molecule is CCSc1ncnc2[nH]ccc12. The third-order valence-corrected chi connectivity index (χ3v) is 2.49. The zero-order chi connectivity index (χ0) is 8.39. The minimum absolute atomic E-state index is 0.918. The van der Waals surface area contributed by atoms with Crippen molar-refractivity contribution in [3.63, 3.8) is 0 Å². The number of H-pyrrole nitrogens is 1. The van der Waals surface area contributed by atoms with Crippen LogP contribution in [0.15, 0.2) is 23.6 Å². The Morgan fingerprint density at radius 1 is 1.50 bits per heavy atom. The van der Waals surface area contributed by atoms with Crippen molar-refractivity contribution >= 4 is 22.8 Å².